The van der Waals surface area contributed by atoms with Gasteiger partial charge in [0.2, 0.25) is 0 Å². The van der Waals surface area contributed by atoms with Gasteiger partial charge in [-0.05, 0) is 37.7 Å². The van der Waals surface area contributed by atoms with Crippen LogP contribution < -0.4 is 5.32 Å². The normalized spacial score (nSPS) is 17.8. The summed E-state index contributed by atoms with van der Waals surface area (Å²) in [5, 5.41) is 3.56. The molecule has 0 bridgehead atoms. The molecule has 1 aliphatic carbocycles. The van der Waals surface area contributed by atoms with Gasteiger partial charge < -0.3 is 5.32 Å². The molecule has 0 aliphatic heterocycles. The summed E-state index contributed by atoms with van der Waals surface area (Å²) in [5.74, 6) is 0. The van der Waals surface area contributed by atoms with E-state index < -0.39 is 0 Å². The van der Waals surface area contributed by atoms with Gasteiger partial charge in [0.25, 0.3) is 0 Å². The number of aryl methyl sites for hydroxylation is 2. The Morgan fingerprint density at radius 3 is 2.27 bits per heavy atom. The van der Waals surface area contributed by atoms with Crippen molar-refractivity contribution in [2.75, 3.05) is 6.54 Å². The van der Waals surface area contributed by atoms with Gasteiger partial charge in [0.1, 0.15) is 0 Å². The molecule has 0 heterocycles. The Morgan fingerprint density at radius 1 is 1.13 bits per heavy atom. The largest absolute Gasteiger partial charge is 0.312 e. The maximum absolute atomic E-state index is 3.56. The Labute approximate surface area is 92.9 Å². The molecular formula is C14H21N. The lowest BCUT2D eigenvalue weighted by Crippen LogP contribution is -2.21. The molecule has 0 saturated heterocycles. The minimum absolute atomic E-state index is 0.610. The molecule has 0 amide bonds. The van der Waals surface area contributed by atoms with E-state index in [0.29, 0.717) is 5.41 Å². The zero-order valence-corrected chi connectivity index (χ0v) is 10.1. The molecule has 1 N–H and O–H groups in total. The van der Waals surface area contributed by atoms with Gasteiger partial charge in [0.05, 0.1) is 0 Å². The van der Waals surface area contributed by atoms with E-state index in [1.54, 1.807) is 0 Å². The van der Waals surface area contributed by atoms with Gasteiger partial charge in [0.15, 0.2) is 0 Å². The molecule has 1 aromatic carbocycles. The lowest BCUT2D eigenvalue weighted by atomic mass is 10.1. The lowest BCUT2D eigenvalue weighted by molar-refractivity contribution is 0.499. The van der Waals surface area contributed by atoms with E-state index >= 15 is 0 Å². The molecule has 82 valence electrons. The topological polar surface area (TPSA) is 12.0 Å². The minimum atomic E-state index is 0.610. The summed E-state index contributed by atoms with van der Waals surface area (Å²) in [7, 11) is 0. The van der Waals surface area contributed by atoms with Gasteiger partial charge in [-0.15, -0.1) is 0 Å². The third kappa shape index (κ3) is 3.07. The van der Waals surface area contributed by atoms with Crippen LogP contribution in [0.3, 0.4) is 0 Å². The third-order valence-electron chi connectivity index (χ3n) is 3.27. The van der Waals surface area contributed by atoms with Crippen molar-refractivity contribution in [1.82, 2.24) is 5.32 Å². The Balaban J connectivity index is 1.87. The predicted octanol–water partition coefficient (Wildman–Crippen LogP) is 3.19. The Bertz CT molecular complexity index is 330. The number of hydrogen-bond acceptors (Lipinski definition) is 1. The molecule has 1 aliphatic rings. The highest BCUT2D eigenvalue weighted by molar-refractivity contribution is 5.28. The van der Waals surface area contributed by atoms with Crippen LogP contribution in [0.4, 0.5) is 0 Å². The monoisotopic (exact) mass is 203 g/mol. The first-order chi connectivity index (χ1) is 7.07. The van der Waals surface area contributed by atoms with Gasteiger partial charge in [0, 0.05) is 13.1 Å². The maximum Gasteiger partial charge on any atom is 0.0205 e. The van der Waals surface area contributed by atoms with E-state index in [2.05, 4.69) is 44.3 Å². The number of nitrogens with one attached hydrogen (secondary N) is 1. The average molecular weight is 203 g/mol. The summed E-state index contributed by atoms with van der Waals surface area (Å²) in [6, 6.07) is 6.77. The van der Waals surface area contributed by atoms with Crippen molar-refractivity contribution < 1.29 is 0 Å². The first-order valence-electron chi connectivity index (χ1n) is 5.85. The van der Waals surface area contributed by atoms with Crippen molar-refractivity contribution in [1.29, 1.82) is 0 Å². The smallest absolute Gasteiger partial charge is 0.0205 e. The van der Waals surface area contributed by atoms with Crippen molar-refractivity contribution in [2.24, 2.45) is 5.41 Å². The summed E-state index contributed by atoms with van der Waals surface area (Å²) in [6.45, 7) is 8.87. The van der Waals surface area contributed by atoms with Crippen LogP contribution >= 0.6 is 0 Å². The van der Waals surface area contributed by atoms with E-state index in [1.165, 1.54) is 36.1 Å². The number of benzene rings is 1. The second-order valence-corrected chi connectivity index (χ2v) is 5.41. The van der Waals surface area contributed by atoms with E-state index in [1.807, 2.05) is 0 Å². The second-order valence-electron chi connectivity index (χ2n) is 5.41. The van der Waals surface area contributed by atoms with Crippen LogP contribution in [0.15, 0.2) is 18.2 Å². The van der Waals surface area contributed by atoms with Crippen LogP contribution in [0.2, 0.25) is 0 Å². The highest BCUT2D eigenvalue weighted by atomic mass is 14.9. The van der Waals surface area contributed by atoms with Crippen molar-refractivity contribution in [3.63, 3.8) is 0 Å². The summed E-state index contributed by atoms with van der Waals surface area (Å²) >= 11 is 0. The number of hydrogen-bond donors (Lipinski definition) is 1. The average Bonchev–Trinajstić information content (AvgIpc) is 2.82. The van der Waals surface area contributed by atoms with Crippen molar-refractivity contribution in [3.8, 4) is 0 Å². The first-order valence-corrected chi connectivity index (χ1v) is 5.85. The van der Waals surface area contributed by atoms with Crippen molar-refractivity contribution >= 4 is 0 Å². The molecule has 0 spiro atoms. The molecule has 1 fully saturated rings. The third-order valence-corrected chi connectivity index (χ3v) is 3.27. The molecule has 2 rings (SSSR count). The van der Waals surface area contributed by atoms with Crippen LogP contribution in [0.25, 0.3) is 0 Å². The Hall–Kier alpha value is -0.820. The maximum atomic E-state index is 3.56. The fourth-order valence-corrected chi connectivity index (χ4v) is 2.07. The minimum Gasteiger partial charge on any atom is -0.312 e. The van der Waals surface area contributed by atoms with E-state index in [4.69, 9.17) is 0 Å². The van der Waals surface area contributed by atoms with Crippen LogP contribution in [0.5, 0.6) is 0 Å². The first kappa shape index (κ1) is 10.7. The van der Waals surface area contributed by atoms with Gasteiger partial charge in [-0.25, -0.2) is 0 Å². The zero-order chi connectivity index (χ0) is 10.9. The Kier molecular flexibility index (Phi) is 2.83. The predicted molar refractivity (Wildman–Crippen MR) is 65.0 cm³/mol. The summed E-state index contributed by atoms with van der Waals surface area (Å²) in [5.41, 5.74) is 4.75. The Morgan fingerprint density at radius 2 is 1.73 bits per heavy atom. The van der Waals surface area contributed by atoms with E-state index in [9.17, 15) is 0 Å². The molecule has 0 radical (unpaired) electrons. The van der Waals surface area contributed by atoms with Gasteiger partial charge in [-0.1, -0.05) is 36.2 Å². The van der Waals surface area contributed by atoms with Crippen LogP contribution in [0.1, 0.15) is 36.5 Å². The van der Waals surface area contributed by atoms with Crippen molar-refractivity contribution in [2.45, 2.75) is 40.2 Å². The van der Waals surface area contributed by atoms with Crippen LogP contribution in [-0.4, -0.2) is 6.54 Å². The van der Waals surface area contributed by atoms with Gasteiger partial charge in [-0.3, -0.25) is 0 Å². The van der Waals surface area contributed by atoms with Crippen LogP contribution in [0, 0.1) is 19.3 Å². The standard InChI is InChI=1S/C14H21N/c1-11-6-12(2)8-13(7-11)9-15-10-14(3)4-5-14/h6-8,15H,4-5,9-10H2,1-3H3. The SMILES string of the molecule is Cc1cc(C)cc(CNCC2(C)CC2)c1. The van der Waals surface area contributed by atoms with E-state index in [-0.39, 0.29) is 0 Å². The molecule has 0 atom stereocenters. The molecule has 15 heavy (non-hydrogen) atoms. The lowest BCUT2D eigenvalue weighted by Gasteiger charge is -2.10. The number of rotatable bonds is 4. The van der Waals surface area contributed by atoms with Crippen molar-refractivity contribution in [3.05, 3.63) is 34.9 Å². The quantitative estimate of drug-likeness (QED) is 0.792. The molecule has 1 heteroatoms. The molecule has 0 unspecified atom stereocenters. The van der Waals surface area contributed by atoms with E-state index in [0.717, 1.165) is 6.54 Å². The molecule has 0 aromatic heterocycles. The van der Waals surface area contributed by atoms with Crippen LogP contribution in [-0.2, 0) is 6.54 Å². The van der Waals surface area contributed by atoms with Gasteiger partial charge in [-0.2, -0.15) is 0 Å². The molecule has 1 aromatic rings. The highest BCUT2D eigenvalue weighted by Gasteiger charge is 2.36. The fraction of sp³-hybridized carbons (Fsp3) is 0.571. The molecule has 1 nitrogen and oxygen atoms in total. The summed E-state index contributed by atoms with van der Waals surface area (Å²) in [4.78, 5) is 0. The molecular weight excluding hydrogens is 182 g/mol. The second kappa shape index (κ2) is 3.97. The fourth-order valence-electron chi connectivity index (χ4n) is 2.07. The highest BCUT2D eigenvalue weighted by Crippen LogP contribution is 2.44. The van der Waals surface area contributed by atoms with Gasteiger partial charge >= 0.3 is 0 Å². The summed E-state index contributed by atoms with van der Waals surface area (Å²) in [6.07, 6.45) is 2.79. The summed E-state index contributed by atoms with van der Waals surface area (Å²) < 4.78 is 0. The zero-order valence-electron chi connectivity index (χ0n) is 10.1. The molecule has 1 saturated carbocycles.